The maximum Gasteiger partial charge on any atom is 0.0642 e. The van der Waals surface area contributed by atoms with Crippen molar-refractivity contribution in [2.45, 2.75) is 24.8 Å². The third-order valence-electron chi connectivity index (χ3n) is 4.67. The molecular weight excluding hydrogens is 224 g/mol. The monoisotopic (exact) mass is 244 g/mol. The molecule has 0 aromatic heterocycles. The third kappa shape index (κ3) is 1.65. The molecule has 0 radical (unpaired) electrons. The van der Waals surface area contributed by atoms with Gasteiger partial charge < -0.3 is 15.0 Å². The van der Waals surface area contributed by atoms with E-state index in [2.05, 4.69) is 28.4 Å². The number of hydrogen-bond donors (Lipinski definition) is 1. The van der Waals surface area contributed by atoms with Crippen LogP contribution in [0.5, 0.6) is 0 Å². The Labute approximate surface area is 108 Å². The first kappa shape index (κ1) is 10.8. The van der Waals surface area contributed by atoms with Gasteiger partial charge in [0, 0.05) is 24.8 Å². The van der Waals surface area contributed by atoms with Gasteiger partial charge in [0.25, 0.3) is 0 Å². The molecule has 18 heavy (non-hydrogen) atoms. The Balaban J connectivity index is 1.67. The summed E-state index contributed by atoms with van der Waals surface area (Å²) in [6.07, 6.45) is 2.61. The molecule has 1 N–H and O–H groups in total. The second-order valence-electron chi connectivity index (χ2n) is 5.64. The molecule has 0 spiro atoms. The van der Waals surface area contributed by atoms with E-state index in [1.807, 2.05) is 0 Å². The molecule has 2 bridgehead atoms. The fraction of sp³-hybridized carbons (Fsp3) is 0.600. The Morgan fingerprint density at radius 3 is 2.94 bits per heavy atom. The van der Waals surface area contributed by atoms with Gasteiger partial charge in [-0.1, -0.05) is 6.07 Å². The maximum absolute atomic E-state index is 5.43. The molecule has 2 heterocycles. The number of nitrogens with one attached hydrogen (secondary N) is 1. The summed E-state index contributed by atoms with van der Waals surface area (Å²) in [7, 11) is 0. The zero-order valence-electron chi connectivity index (χ0n) is 10.7. The Hall–Kier alpha value is -1.06. The van der Waals surface area contributed by atoms with Gasteiger partial charge in [0.2, 0.25) is 0 Å². The van der Waals surface area contributed by atoms with E-state index >= 15 is 0 Å². The first-order valence-corrected chi connectivity index (χ1v) is 7.12. The number of anilines is 1. The molecule has 3 nitrogen and oxygen atoms in total. The van der Waals surface area contributed by atoms with Crippen LogP contribution in [0.15, 0.2) is 18.2 Å². The van der Waals surface area contributed by atoms with Crippen LogP contribution in [-0.2, 0) is 4.74 Å². The van der Waals surface area contributed by atoms with Crippen LogP contribution in [0.1, 0.15) is 35.9 Å². The van der Waals surface area contributed by atoms with Crippen molar-refractivity contribution in [3.8, 4) is 0 Å². The van der Waals surface area contributed by atoms with Gasteiger partial charge in [-0.05, 0) is 48.6 Å². The number of benzene rings is 1. The van der Waals surface area contributed by atoms with E-state index in [1.54, 1.807) is 11.1 Å². The molecule has 2 atom stereocenters. The van der Waals surface area contributed by atoms with Crippen molar-refractivity contribution in [2.75, 3.05) is 37.7 Å². The van der Waals surface area contributed by atoms with Gasteiger partial charge >= 0.3 is 0 Å². The van der Waals surface area contributed by atoms with Crippen LogP contribution in [0.3, 0.4) is 0 Å². The lowest BCUT2D eigenvalue weighted by Gasteiger charge is -2.29. The highest BCUT2D eigenvalue weighted by Crippen LogP contribution is 2.45. The summed E-state index contributed by atoms with van der Waals surface area (Å²) in [6, 6.07) is 7.71. The Morgan fingerprint density at radius 2 is 2.06 bits per heavy atom. The minimum atomic E-state index is 0.611. The fourth-order valence-electron chi connectivity index (χ4n) is 3.69. The molecule has 3 heteroatoms. The highest BCUT2D eigenvalue weighted by atomic mass is 16.5. The van der Waals surface area contributed by atoms with Crippen LogP contribution in [0, 0.1) is 0 Å². The molecule has 3 aliphatic rings. The molecule has 0 saturated carbocycles. The maximum atomic E-state index is 5.43. The molecule has 1 aliphatic carbocycles. The second-order valence-corrected chi connectivity index (χ2v) is 5.64. The number of morpholine rings is 1. The number of hydrogen-bond acceptors (Lipinski definition) is 3. The van der Waals surface area contributed by atoms with Crippen LogP contribution in [0.25, 0.3) is 0 Å². The van der Waals surface area contributed by atoms with Gasteiger partial charge in [0.1, 0.15) is 0 Å². The molecule has 4 rings (SSSR count). The first-order valence-electron chi connectivity index (χ1n) is 7.12. The van der Waals surface area contributed by atoms with Crippen LogP contribution in [-0.4, -0.2) is 32.8 Å². The highest BCUT2D eigenvalue weighted by molar-refractivity contribution is 5.55. The number of rotatable bonds is 1. The summed E-state index contributed by atoms with van der Waals surface area (Å²) in [5, 5.41) is 3.65. The number of piperidine rings is 1. The predicted molar refractivity (Wildman–Crippen MR) is 72.2 cm³/mol. The van der Waals surface area contributed by atoms with Crippen molar-refractivity contribution < 1.29 is 4.74 Å². The predicted octanol–water partition coefficient (Wildman–Crippen LogP) is 2.04. The summed E-state index contributed by atoms with van der Waals surface area (Å²) in [5.41, 5.74) is 4.54. The summed E-state index contributed by atoms with van der Waals surface area (Å²) < 4.78 is 5.43. The minimum absolute atomic E-state index is 0.611. The lowest BCUT2D eigenvalue weighted by Crippen LogP contribution is -2.36. The van der Waals surface area contributed by atoms with Gasteiger partial charge in [-0.15, -0.1) is 0 Å². The standard InChI is InChI=1S/C15H20N2O/c1-2-13-11-3-4-16-15(9-11)14(13)10-12(1)17-5-7-18-8-6-17/h1-2,10-11,15-16H,3-9H2/t11?,15-/m1/s1. The van der Waals surface area contributed by atoms with Crippen LogP contribution >= 0.6 is 0 Å². The van der Waals surface area contributed by atoms with E-state index in [4.69, 9.17) is 4.74 Å². The van der Waals surface area contributed by atoms with Crippen molar-refractivity contribution in [3.63, 3.8) is 0 Å². The number of fused-ring (bicyclic) bond motifs is 5. The van der Waals surface area contributed by atoms with Crippen molar-refractivity contribution in [2.24, 2.45) is 0 Å². The molecule has 1 aromatic rings. The third-order valence-corrected chi connectivity index (χ3v) is 4.67. The zero-order chi connectivity index (χ0) is 11.9. The minimum Gasteiger partial charge on any atom is -0.378 e. The molecular formula is C15H20N2O. The highest BCUT2D eigenvalue weighted by Gasteiger charge is 2.34. The summed E-state index contributed by atoms with van der Waals surface area (Å²) in [4.78, 5) is 2.45. The van der Waals surface area contributed by atoms with Gasteiger partial charge in [0.15, 0.2) is 0 Å². The van der Waals surface area contributed by atoms with E-state index in [9.17, 15) is 0 Å². The average Bonchev–Trinajstić information content (AvgIpc) is 2.71. The average molecular weight is 244 g/mol. The van der Waals surface area contributed by atoms with Gasteiger partial charge in [-0.2, -0.15) is 0 Å². The molecule has 2 aliphatic heterocycles. The van der Waals surface area contributed by atoms with Crippen LogP contribution in [0.2, 0.25) is 0 Å². The van der Waals surface area contributed by atoms with Crippen LogP contribution < -0.4 is 10.2 Å². The van der Waals surface area contributed by atoms with Gasteiger partial charge in [-0.3, -0.25) is 0 Å². The number of ether oxygens (including phenoxy) is 1. The van der Waals surface area contributed by atoms with E-state index in [-0.39, 0.29) is 0 Å². The number of nitrogens with zero attached hydrogens (tertiary/aromatic N) is 1. The zero-order valence-corrected chi connectivity index (χ0v) is 10.7. The first-order chi connectivity index (χ1) is 8.92. The lowest BCUT2D eigenvalue weighted by molar-refractivity contribution is 0.122. The summed E-state index contributed by atoms with van der Waals surface area (Å²) in [5.74, 6) is 0.810. The van der Waals surface area contributed by atoms with Gasteiger partial charge in [-0.25, -0.2) is 0 Å². The van der Waals surface area contributed by atoms with E-state index < -0.39 is 0 Å². The molecule has 2 fully saturated rings. The molecule has 1 aromatic carbocycles. The molecule has 2 saturated heterocycles. The van der Waals surface area contributed by atoms with Crippen LogP contribution in [0.4, 0.5) is 5.69 Å². The van der Waals surface area contributed by atoms with Gasteiger partial charge in [0.05, 0.1) is 13.2 Å². The van der Waals surface area contributed by atoms with Crippen molar-refractivity contribution in [1.29, 1.82) is 0 Å². The SMILES string of the molecule is c1cc2c(cc1N1CCOCC1)[C@H]1CC2CCN1. The topological polar surface area (TPSA) is 24.5 Å². The van der Waals surface area contributed by atoms with E-state index in [1.165, 1.54) is 25.1 Å². The Bertz CT molecular complexity index is 454. The summed E-state index contributed by atoms with van der Waals surface area (Å²) >= 11 is 0. The fourth-order valence-corrected chi connectivity index (χ4v) is 3.69. The summed E-state index contributed by atoms with van der Waals surface area (Å²) in [6.45, 7) is 4.96. The van der Waals surface area contributed by atoms with Crippen molar-refractivity contribution in [1.82, 2.24) is 5.32 Å². The normalized spacial score (nSPS) is 30.3. The van der Waals surface area contributed by atoms with E-state index in [0.29, 0.717) is 6.04 Å². The van der Waals surface area contributed by atoms with Crippen molar-refractivity contribution >= 4 is 5.69 Å². The second kappa shape index (κ2) is 4.25. The van der Waals surface area contributed by atoms with Crippen molar-refractivity contribution in [3.05, 3.63) is 29.3 Å². The Morgan fingerprint density at radius 1 is 1.17 bits per heavy atom. The molecule has 0 amide bonds. The lowest BCUT2D eigenvalue weighted by atomic mass is 9.96. The van der Waals surface area contributed by atoms with E-state index in [0.717, 1.165) is 32.2 Å². The molecule has 96 valence electrons. The quantitative estimate of drug-likeness (QED) is 0.818. The smallest absolute Gasteiger partial charge is 0.0642 e. The molecule has 1 unspecified atom stereocenters. The largest absolute Gasteiger partial charge is 0.378 e. The Kier molecular flexibility index (Phi) is 2.55.